The molecule has 1 rings (SSSR count). The summed E-state index contributed by atoms with van der Waals surface area (Å²) in [7, 11) is 1.44. The normalized spacial score (nSPS) is 9.76. The number of aliphatic carboxylic acids is 1. The Morgan fingerprint density at radius 2 is 2.00 bits per heavy atom. The minimum absolute atomic E-state index is 0.319. The van der Waals surface area contributed by atoms with Crippen molar-refractivity contribution in [1.29, 1.82) is 0 Å². The van der Waals surface area contributed by atoms with E-state index >= 15 is 0 Å². The monoisotopic (exact) mass is 236 g/mol. The molecular formula is C12H16N2O3. The first-order chi connectivity index (χ1) is 8.04. The second-order valence-electron chi connectivity index (χ2n) is 3.69. The molecule has 1 aromatic carbocycles. The predicted molar refractivity (Wildman–Crippen MR) is 65.1 cm³/mol. The average molecular weight is 236 g/mol. The molecule has 0 saturated heterocycles. The van der Waals surface area contributed by atoms with E-state index < -0.39 is 12.0 Å². The zero-order valence-electron chi connectivity index (χ0n) is 9.93. The lowest BCUT2D eigenvalue weighted by atomic mass is 10.1. The first-order valence-electron chi connectivity index (χ1n) is 5.36. The molecule has 1 aromatic rings. The van der Waals surface area contributed by atoms with Crippen LogP contribution in [0, 0.1) is 0 Å². The van der Waals surface area contributed by atoms with Crippen LogP contribution in [-0.4, -0.2) is 35.6 Å². The number of carbonyl (C=O) groups is 2. The van der Waals surface area contributed by atoms with Gasteiger partial charge < -0.3 is 15.3 Å². The number of anilines is 1. The maximum absolute atomic E-state index is 11.7. The summed E-state index contributed by atoms with van der Waals surface area (Å²) in [5.74, 6) is -1.04. The number of amides is 2. The van der Waals surface area contributed by atoms with Gasteiger partial charge in [-0.25, -0.2) is 4.79 Å². The molecule has 2 amide bonds. The van der Waals surface area contributed by atoms with Gasteiger partial charge in [0.1, 0.15) is 6.54 Å². The Morgan fingerprint density at radius 3 is 2.59 bits per heavy atom. The van der Waals surface area contributed by atoms with Crippen LogP contribution in [0.25, 0.3) is 0 Å². The van der Waals surface area contributed by atoms with Crippen molar-refractivity contribution in [1.82, 2.24) is 4.90 Å². The summed E-state index contributed by atoms with van der Waals surface area (Å²) in [6.45, 7) is 1.67. The molecule has 2 N–H and O–H groups in total. The molecule has 0 spiro atoms. The topological polar surface area (TPSA) is 69.6 Å². The number of nitrogens with zero attached hydrogens (tertiary/aromatic N) is 1. The summed E-state index contributed by atoms with van der Waals surface area (Å²) in [4.78, 5) is 23.3. The number of carboxylic acid groups (broad SMARTS) is 1. The van der Waals surface area contributed by atoms with Gasteiger partial charge in [-0.1, -0.05) is 25.1 Å². The Labute approximate surface area is 100 Å². The molecule has 0 aliphatic carbocycles. The van der Waals surface area contributed by atoms with Gasteiger partial charge in [0.2, 0.25) is 0 Å². The van der Waals surface area contributed by atoms with E-state index in [9.17, 15) is 9.59 Å². The zero-order chi connectivity index (χ0) is 12.8. The summed E-state index contributed by atoms with van der Waals surface area (Å²) in [6.07, 6.45) is 0.805. The number of nitrogens with one attached hydrogen (secondary N) is 1. The fourth-order valence-corrected chi connectivity index (χ4v) is 1.44. The van der Waals surface area contributed by atoms with Gasteiger partial charge in [-0.15, -0.1) is 0 Å². The number of likely N-dealkylation sites (N-methyl/N-ethyl adjacent to an activating group) is 1. The highest BCUT2D eigenvalue weighted by atomic mass is 16.4. The standard InChI is InChI=1S/C12H16N2O3/c1-3-9-6-4-5-7-10(9)13-12(17)14(2)8-11(15)16/h4-7H,3,8H2,1-2H3,(H,13,17)(H,15,16). The summed E-state index contributed by atoms with van der Waals surface area (Å²) in [5, 5.41) is 11.3. The smallest absolute Gasteiger partial charge is 0.323 e. The van der Waals surface area contributed by atoms with E-state index in [-0.39, 0.29) is 6.54 Å². The van der Waals surface area contributed by atoms with Crippen molar-refractivity contribution in [2.45, 2.75) is 13.3 Å². The number of aryl methyl sites for hydroxylation is 1. The first kappa shape index (κ1) is 13.0. The number of hydrogen-bond acceptors (Lipinski definition) is 2. The van der Waals surface area contributed by atoms with Crippen LogP contribution in [0.4, 0.5) is 10.5 Å². The fourth-order valence-electron chi connectivity index (χ4n) is 1.44. The fraction of sp³-hybridized carbons (Fsp3) is 0.333. The maximum atomic E-state index is 11.7. The van der Waals surface area contributed by atoms with Crippen molar-refractivity contribution in [3.05, 3.63) is 29.8 Å². The van der Waals surface area contributed by atoms with Gasteiger partial charge in [0, 0.05) is 12.7 Å². The third-order valence-corrected chi connectivity index (χ3v) is 2.36. The summed E-state index contributed by atoms with van der Waals surface area (Å²) in [5.41, 5.74) is 1.74. The lowest BCUT2D eigenvalue weighted by Gasteiger charge is -2.17. The Hall–Kier alpha value is -2.04. The van der Waals surface area contributed by atoms with Crippen molar-refractivity contribution in [2.24, 2.45) is 0 Å². The minimum Gasteiger partial charge on any atom is -0.480 e. The van der Waals surface area contributed by atoms with Gasteiger partial charge in [0.25, 0.3) is 0 Å². The highest BCUT2D eigenvalue weighted by molar-refractivity contribution is 5.91. The Kier molecular flexibility index (Phi) is 4.51. The van der Waals surface area contributed by atoms with Gasteiger partial charge in [-0.3, -0.25) is 4.79 Å². The highest BCUT2D eigenvalue weighted by Crippen LogP contribution is 2.15. The number of carboxylic acids is 1. The van der Waals surface area contributed by atoms with Crippen LogP contribution in [-0.2, 0) is 11.2 Å². The maximum Gasteiger partial charge on any atom is 0.323 e. The molecule has 0 fully saturated rings. The van der Waals surface area contributed by atoms with Crippen molar-refractivity contribution in [2.75, 3.05) is 18.9 Å². The molecule has 0 atom stereocenters. The molecule has 0 aliphatic heterocycles. The second kappa shape index (κ2) is 5.89. The molecule has 0 saturated carbocycles. The summed E-state index contributed by atoms with van der Waals surface area (Å²) >= 11 is 0. The molecule has 0 aliphatic rings. The van der Waals surface area contributed by atoms with E-state index in [1.165, 1.54) is 7.05 Å². The van der Waals surface area contributed by atoms with E-state index in [2.05, 4.69) is 5.32 Å². The zero-order valence-corrected chi connectivity index (χ0v) is 9.93. The Morgan fingerprint density at radius 1 is 1.35 bits per heavy atom. The van der Waals surface area contributed by atoms with E-state index in [0.717, 1.165) is 22.6 Å². The van der Waals surface area contributed by atoms with Gasteiger partial charge in [-0.2, -0.15) is 0 Å². The number of hydrogen-bond donors (Lipinski definition) is 2. The molecule has 92 valence electrons. The summed E-state index contributed by atoms with van der Waals surface area (Å²) in [6, 6.07) is 7.02. The highest BCUT2D eigenvalue weighted by Gasteiger charge is 2.12. The van der Waals surface area contributed by atoms with Crippen LogP contribution >= 0.6 is 0 Å². The van der Waals surface area contributed by atoms with Crippen LogP contribution in [0.2, 0.25) is 0 Å². The summed E-state index contributed by atoms with van der Waals surface area (Å²) < 4.78 is 0. The first-order valence-corrected chi connectivity index (χ1v) is 5.36. The Balaban J connectivity index is 2.70. The molecule has 17 heavy (non-hydrogen) atoms. The average Bonchev–Trinajstić information content (AvgIpc) is 2.28. The van der Waals surface area contributed by atoms with Crippen LogP contribution in [0.1, 0.15) is 12.5 Å². The van der Waals surface area contributed by atoms with Crippen LogP contribution < -0.4 is 5.32 Å². The Bertz CT molecular complexity index is 418. The molecule has 0 bridgehead atoms. The van der Waals surface area contributed by atoms with E-state index in [4.69, 9.17) is 5.11 Å². The number of para-hydroxylation sites is 1. The van der Waals surface area contributed by atoms with Gasteiger partial charge in [0.15, 0.2) is 0 Å². The molecule has 0 aromatic heterocycles. The number of urea groups is 1. The second-order valence-corrected chi connectivity index (χ2v) is 3.69. The van der Waals surface area contributed by atoms with Crippen molar-refractivity contribution < 1.29 is 14.7 Å². The van der Waals surface area contributed by atoms with Crippen LogP contribution in [0.5, 0.6) is 0 Å². The van der Waals surface area contributed by atoms with E-state index in [0.29, 0.717) is 0 Å². The van der Waals surface area contributed by atoms with Crippen LogP contribution in [0.3, 0.4) is 0 Å². The van der Waals surface area contributed by atoms with Gasteiger partial charge >= 0.3 is 12.0 Å². The van der Waals surface area contributed by atoms with E-state index in [1.54, 1.807) is 6.07 Å². The molecule has 5 heteroatoms. The molecular weight excluding hydrogens is 220 g/mol. The largest absolute Gasteiger partial charge is 0.480 e. The molecule has 0 radical (unpaired) electrons. The van der Waals surface area contributed by atoms with Crippen LogP contribution in [0.15, 0.2) is 24.3 Å². The van der Waals surface area contributed by atoms with E-state index in [1.807, 2.05) is 25.1 Å². The molecule has 0 unspecified atom stereocenters. The number of rotatable bonds is 4. The van der Waals surface area contributed by atoms with Crippen molar-refractivity contribution in [3.8, 4) is 0 Å². The molecule has 5 nitrogen and oxygen atoms in total. The van der Waals surface area contributed by atoms with Gasteiger partial charge in [-0.05, 0) is 18.1 Å². The lowest BCUT2D eigenvalue weighted by Crippen LogP contribution is -2.35. The number of carbonyl (C=O) groups excluding carboxylic acids is 1. The quantitative estimate of drug-likeness (QED) is 0.837. The van der Waals surface area contributed by atoms with Crippen molar-refractivity contribution in [3.63, 3.8) is 0 Å². The predicted octanol–water partition coefficient (Wildman–Crippen LogP) is 1.80. The SMILES string of the molecule is CCc1ccccc1NC(=O)N(C)CC(=O)O. The third kappa shape index (κ3) is 3.79. The number of benzene rings is 1. The lowest BCUT2D eigenvalue weighted by molar-refractivity contribution is -0.137. The molecule has 0 heterocycles. The van der Waals surface area contributed by atoms with Gasteiger partial charge in [0.05, 0.1) is 0 Å². The minimum atomic E-state index is -1.04. The third-order valence-electron chi connectivity index (χ3n) is 2.36. The van der Waals surface area contributed by atoms with Crippen molar-refractivity contribution >= 4 is 17.7 Å².